The number of aromatic nitrogens is 5. The van der Waals surface area contributed by atoms with Gasteiger partial charge >= 0.3 is 0 Å². The molecule has 3 heterocycles. The highest BCUT2D eigenvalue weighted by molar-refractivity contribution is 7.18. The fraction of sp³-hybridized carbons (Fsp3) is 0.125. The largest absolute Gasteiger partial charge is 0.310 e. The molecule has 0 saturated heterocycles. The van der Waals surface area contributed by atoms with Gasteiger partial charge in [-0.2, -0.15) is 0 Å². The smallest absolute Gasteiger partial charge is 0.259 e. The standard InChI is InChI=1S/C16H13N5OS/c1-10-7-12-15(22)18-13(19-16(12)23-10)8-14-20-17-9-21(14)11-5-3-2-4-6-11/h2-7,9H,8H2,1H3,(H,18,19,22). The van der Waals surface area contributed by atoms with Crippen LogP contribution in [0.4, 0.5) is 0 Å². The lowest BCUT2D eigenvalue weighted by Gasteiger charge is -2.06. The quantitative estimate of drug-likeness (QED) is 0.628. The molecule has 0 radical (unpaired) electrons. The van der Waals surface area contributed by atoms with Crippen LogP contribution < -0.4 is 5.56 Å². The molecule has 7 heteroatoms. The van der Waals surface area contributed by atoms with Gasteiger partial charge in [0, 0.05) is 10.6 Å². The Labute approximate surface area is 135 Å². The van der Waals surface area contributed by atoms with Crippen LogP contribution >= 0.6 is 11.3 Å². The summed E-state index contributed by atoms with van der Waals surface area (Å²) in [5.41, 5.74) is 0.864. The van der Waals surface area contributed by atoms with E-state index in [2.05, 4.69) is 20.2 Å². The highest BCUT2D eigenvalue weighted by Crippen LogP contribution is 2.20. The molecule has 23 heavy (non-hydrogen) atoms. The van der Waals surface area contributed by atoms with Gasteiger partial charge in [-0.3, -0.25) is 9.36 Å². The summed E-state index contributed by atoms with van der Waals surface area (Å²) in [5.74, 6) is 1.32. The maximum atomic E-state index is 12.2. The van der Waals surface area contributed by atoms with Crippen molar-refractivity contribution in [2.45, 2.75) is 13.3 Å². The average molecular weight is 323 g/mol. The minimum Gasteiger partial charge on any atom is -0.310 e. The zero-order valence-corrected chi connectivity index (χ0v) is 13.2. The van der Waals surface area contributed by atoms with Crippen LogP contribution in [0.2, 0.25) is 0 Å². The summed E-state index contributed by atoms with van der Waals surface area (Å²) in [5, 5.41) is 8.78. The molecule has 0 fully saturated rings. The number of aryl methyl sites for hydroxylation is 1. The lowest BCUT2D eigenvalue weighted by molar-refractivity contribution is 0.855. The van der Waals surface area contributed by atoms with E-state index in [0.717, 1.165) is 21.2 Å². The number of aromatic amines is 1. The van der Waals surface area contributed by atoms with Crippen LogP contribution in [0, 0.1) is 6.92 Å². The maximum Gasteiger partial charge on any atom is 0.259 e. The number of H-pyrrole nitrogens is 1. The number of hydrogen-bond acceptors (Lipinski definition) is 5. The van der Waals surface area contributed by atoms with Gasteiger partial charge in [-0.15, -0.1) is 21.5 Å². The van der Waals surface area contributed by atoms with Gasteiger partial charge in [0.2, 0.25) is 0 Å². The Balaban J connectivity index is 1.75. The summed E-state index contributed by atoms with van der Waals surface area (Å²) in [6.07, 6.45) is 2.08. The Hall–Kier alpha value is -2.80. The first-order valence-corrected chi connectivity index (χ1v) is 7.96. The molecule has 3 aromatic heterocycles. The van der Waals surface area contributed by atoms with E-state index >= 15 is 0 Å². The predicted molar refractivity (Wildman–Crippen MR) is 89.1 cm³/mol. The second kappa shape index (κ2) is 5.44. The molecule has 0 bridgehead atoms. The number of nitrogens with one attached hydrogen (secondary N) is 1. The number of hydrogen-bond donors (Lipinski definition) is 1. The van der Waals surface area contributed by atoms with E-state index in [9.17, 15) is 4.79 Å². The van der Waals surface area contributed by atoms with Gasteiger partial charge in [0.05, 0.1) is 11.8 Å². The number of nitrogens with zero attached hydrogens (tertiary/aromatic N) is 4. The number of benzene rings is 1. The van der Waals surface area contributed by atoms with E-state index in [4.69, 9.17) is 0 Å². The van der Waals surface area contributed by atoms with Gasteiger partial charge in [0.25, 0.3) is 5.56 Å². The number of fused-ring (bicyclic) bond motifs is 1. The van der Waals surface area contributed by atoms with Crippen molar-refractivity contribution in [3.05, 3.63) is 69.6 Å². The molecule has 4 aromatic rings. The second-order valence-corrected chi connectivity index (χ2v) is 6.45. The summed E-state index contributed by atoms with van der Waals surface area (Å²) < 4.78 is 1.89. The summed E-state index contributed by atoms with van der Waals surface area (Å²) >= 11 is 1.52. The molecule has 114 valence electrons. The Bertz CT molecular complexity index is 1030. The molecule has 1 aromatic carbocycles. The van der Waals surface area contributed by atoms with Gasteiger partial charge in [-0.05, 0) is 25.1 Å². The normalized spacial score (nSPS) is 11.2. The van der Waals surface area contributed by atoms with Crippen LogP contribution in [0.1, 0.15) is 16.5 Å². The van der Waals surface area contributed by atoms with Gasteiger partial charge in [-0.1, -0.05) is 18.2 Å². The SMILES string of the molecule is Cc1cc2c(=O)[nH]c(Cc3nncn3-c3ccccc3)nc2s1. The molecule has 1 N–H and O–H groups in total. The lowest BCUT2D eigenvalue weighted by atomic mass is 10.3. The first kappa shape index (κ1) is 13.8. The van der Waals surface area contributed by atoms with Gasteiger partial charge in [0.1, 0.15) is 22.8 Å². The molecule has 0 saturated carbocycles. The van der Waals surface area contributed by atoms with Crippen molar-refractivity contribution >= 4 is 21.6 Å². The zero-order chi connectivity index (χ0) is 15.8. The third-order valence-electron chi connectivity index (χ3n) is 3.55. The monoisotopic (exact) mass is 323 g/mol. The van der Waals surface area contributed by atoms with Crippen LogP contribution in [0.25, 0.3) is 15.9 Å². The van der Waals surface area contributed by atoms with Crippen molar-refractivity contribution < 1.29 is 0 Å². The van der Waals surface area contributed by atoms with E-state index in [1.807, 2.05) is 47.9 Å². The van der Waals surface area contributed by atoms with Crippen LogP contribution in [0.3, 0.4) is 0 Å². The Morgan fingerprint density at radius 2 is 2.09 bits per heavy atom. The van der Waals surface area contributed by atoms with Crippen LogP contribution in [-0.4, -0.2) is 24.7 Å². The lowest BCUT2D eigenvalue weighted by Crippen LogP contribution is -2.12. The molecule has 0 aliphatic carbocycles. The highest BCUT2D eigenvalue weighted by atomic mass is 32.1. The van der Waals surface area contributed by atoms with Crippen molar-refractivity contribution in [3.63, 3.8) is 0 Å². The number of thiophene rings is 1. The minimum atomic E-state index is -0.111. The number of para-hydroxylation sites is 1. The Kier molecular flexibility index (Phi) is 3.27. The van der Waals surface area contributed by atoms with Gasteiger partial charge in [0.15, 0.2) is 0 Å². The van der Waals surface area contributed by atoms with E-state index in [-0.39, 0.29) is 5.56 Å². The fourth-order valence-electron chi connectivity index (χ4n) is 2.51. The fourth-order valence-corrected chi connectivity index (χ4v) is 3.41. The Morgan fingerprint density at radius 3 is 2.91 bits per heavy atom. The highest BCUT2D eigenvalue weighted by Gasteiger charge is 2.11. The minimum absolute atomic E-state index is 0.111. The predicted octanol–water partition coefficient (Wildman–Crippen LogP) is 2.46. The Morgan fingerprint density at radius 1 is 1.26 bits per heavy atom. The molecule has 0 aliphatic rings. The molecule has 0 aliphatic heterocycles. The van der Waals surface area contributed by atoms with E-state index in [0.29, 0.717) is 17.6 Å². The summed E-state index contributed by atoms with van der Waals surface area (Å²) in [6.45, 7) is 1.97. The first-order chi connectivity index (χ1) is 11.2. The molecular weight excluding hydrogens is 310 g/mol. The molecule has 0 amide bonds. The van der Waals surface area contributed by atoms with Crippen LogP contribution in [-0.2, 0) is 6.42 Å². The topological polar surface area (TPSA) is 76.5 Å². The summed E-state index contributed by atoms with van der Waals surface area (Å²) in [4.78, 5) is 21.4. The first-order valence-electron chi connectivity index (χ1n) is 7.14. The molecule has 0 spiro atoms. The molecule has 0 atom stereocenters. The summed E-state index contributed by atoms with van der Waals surface area (Å²) in [6, 6.07) is 11.7. The van der Waals surface area contributed by atoms with Crippen LogP contribution in [0.15, 0.2) is 47.5 Å². The summed E-state index contributed by atoms with van der Waals surface area (Å²) in [7, 11) is 0. The zero-order valence-electron chi connectivity index (χ0n) is 12.4. The van der Waals surface area contributed by atoms with E-state index in [1.165, 1.54) is 11.3 Å². The van der Waals surface area contributed by atoms with Crippen LogP contribution in [0.5, 0.6) is 0 Å². The van der Waals surface area contributed by atoms with Crippen molar-refractivity contribution in [2.75, 3.05) is 0 Å². The molecule has 0 unspecified atom stereocenters. The van der Waals surface area contributed by atoms with Crippen molar-refractivity contribution in [1.82, 2.24) is 24.7 Å². The third-order valence-corrected chi connectivity index (χ3v) is 4.50. The molecule has 4 rings (SSSR count). The van der Waals surface area contributed by atoms with E-state index in [1.54, 1.807) is 6.33 Å². The van der Waals surface area contributed by atoms with Gasteiger partial charge in [-0.25, -0.2) is 4.98 Å². The average Bonchev–Trinajstić information content (AvgIpc) is 3.14. The van der Waals surface area contributed by atoms with Crippen molar-refractivity contribution in [2.24, 2.45) is 0 Å². The van der Waals surface area contributed by atoms with Gasteiger partial charge < -0.3 is 4.98 Å². The molecule has 6 nitrogen and oxygen atoms in total. The van der Waals surface area contributed by atoms with E-state index < -0.39 is 0 Å². The van der Waals surface area contributed by atoms with Crippen molar-refractivity contribution in [3.8, 4) is 5.69 Å². The maximum absolute atomic E-state index is 12.2. The second-order valence-electron chi connectivity index (χ2n) is 5.22. The molecular formula is C16H13N5OS. The number of rotatable bonds is 3. The van der Waals surface area contributed by atoms with Crippen molar-refractivity contribution in [1.29, 1.82) is 0 Å². The third kappa shape index (κ3) is 2.55.